The number of aliphatic hydroxyl groups excluding tert-OH is 1. The first-order chi connectivity index (χ1) is 28.4. The van der Waals surface area contributed by atoms with Gasteiger partial charge in [-0.25, -0.2) is 9.13 Å². The number of phosphoric acid groups is 2. The third-order valence-corrected chi connectivity index (χ3v) is 10.0. The molecule has 0 aliphatic heterocycles. The Kier molecular flexibility index (Phi) is 38.0. The summed E-state index contributed by atoms with van der Waals surface area (Å²) in [5, 5.41) is 9.74. The van der Waals surface area contributed by atoms with Crippen molar-refractivity contribution < 1.29 is 61.6 Å². The summed E-state index contributed by atoms with van der Waals surface area (Å²) in [6, 6.07) is 0. The van der Waals surface area contributed by atoms with Crippen LogP contribution in [0.4, 0.5) is 0 Å². The molecule has 0 saturated carbocycles. The maximum atomic E-state index is 12.6. The number of phosphoric ester groups is 2. The van der Waals surface area contributed by atoms with E-state index < -0.39 is 66.2 Å². The number of rotatable bonds is 40. The van der Waals surface area contributed by atoms with Crippen molar-refractivity contribution in [2.24, 2.45) is 0 Å². The lowest BCUT2D eigenvalue weighted by Gasteiger charge is -2.20. The Morgan fingerprint density at radius 1 is 0.508 bits per heavy atom. The van der Waals surface area contributed by atoms with E-state index in [4.69, 9.17) is 23.8 Å². The van der Waals surface area contributed by atoms with Crippen molar-refractivity contribution >= 4 is 27.6 Å². The largest absolute Gasteiger partial charge is 0.472 e. The summed E-state index contributed by atoms with van der Waals surface area (Å²) in [5.74, 6) is -1.13. The van der Waals surface area contributed by atoms with Crippen LogP contribution in [0.15, 0.2) is 72.9 Å². The van der Waals surface area contributed by atoms with Gasteiger partial charge in [-0.2, -0.15) is 0 Å². The van der Waals surface area contributed by atoms with Gasteiger partial charge in [0, 0.05) is 12.8 Å². The fourth-order valence-electron chi connectivity index (χ4n) is 5.37. The Morgan fingerprint density at radius 2 is 0.932 bits per heavy atom. The van der Waals surface area contributed by atoms with Crippen LogP contribution in [0, 0.1) is 0 Å². The molecule has 0 saturated heterocycles. The standard InChI is InChI=1S/C44H76O13P2/c1-3-5-7-9-11-13-15-17-18-19-20-21-22-24-26-28-30-32-34-36-44(47)57-42(40-56-59(51,52)55-38-41(45)37-54-58(48,49)50)39-53-43(46)35-33-31-29-27-25-23-16-14-12-10-8-6-4-2/h5,7,11,13,17-18,20-21,24,26,30,32,41-42,45H,3-4,6,8-10,12,14-16,19,22-23,25,27-29,31,33-40H2,1-2H3,(H,51,52)(H2,48,49,50)/b7-5-,13-11-,18-17-,21-20-,26-24-,32-30-/t41-,42+/m0/s1. The molecule has 1 unspecified atom stereocenters. The quantitative estimate of drug-likeness (QED) is 0.0197. The summed E-state index contributed by atoms with van der Waals surface area (Å²) in [7, 11) is -9.70. The minimum absolute atomic E-state index is 0.00458. The molecule has 0 amide bonds. The maximum Gasteiger partial charge on any atom is 0.472 e. The molecular weight excluding hydrogens is 798 g/mol. The number of carbonyl (C=O) groups excluding carboxylic acids is 2. The first kappa shape index (κ1) is 56.6. The van der Waals surface area contributed by atoms with Gasteiger partial charge in [0.25, 0.3) is 0 Å². The van der Waals surface area contributed by atoms with Gasteiger partial charge in [0.2, 0.25) is 0 Å². The first-order valence-electron chi connectivity index (χ1n) is 21.6. The number of ether oxygens (including phenoxy) is 2. The molecule has 340 valence electrons. The molecule has 0 aromatic heterocycles. The molecule has 13 nitrogen and oxygen atoms in total. The number of hydrogen-bond acceptors (Lipinski definition) is 10. The van der Waals surface area contributed by atoms with E-state index in [9.17, 15) is 28.7 Å². The Hall–Kier alpha value is -2.44. The lowest BCUT2D eigenvalue weighted by atomic mass is 10.0. The van der Waals surface area contributed by atoms with Crippen molar-refractivity contribution in [1.29, 1.82) is 0 Å². The molecule has 0 aliphatic carbocycles. The summed E-state index contributed by atoms with van der Waals surface area (Å²) in [5.41, 5.74) is 0. The van der Waals surface area contributed by atoms with Crippen LogP contribution in [0.2, 0.25) is 0 Å². The molecule has 0 fully saturated rings. The fraction of sp³-hybridized carbons (Fsp3) is 0.682. The zero-order chi connectivity index (χ0) is 43.7. The molecule has 0 spiro atoms. The van der Waals surface area contributed by atoms with Crippen LogP contribution in [-0.4, -0.2) is 70.4 Å². The summed E-state index contributed by atoms with van der Waals surface area (Å²) >= 11 is 0. The summed E-state index contributed by atoms with van der Waals surface area (Å²) in [6.45, 7) is 1.56. The second kappa shape index (κ2) is 39.7. The third kappa shape index (κ3) is 43.5. The minimum Gasteiger partial charge on any atom is -0.462 e. The van der Waals surface area contributed by atoms with Crippen LogP contribution in [0.5, 0.6) is 0 Å². The molecule has 0 aromatic carbocycles. The highest BCUT2D eigenvalue weighted by Crippen LogP contribution is 2.43. The van der Waals surface area contributed by atoms with Gasteiger partial charge >= 0.3 is 27.6 Å². The van der Waals surface area contributed by atoms with Crippen molar-refractivity contribution in [3.63, 3.8) is 0 Å². The van der Waals surface area contributed by atoms with E-state index >= 15 is 0 Å². The van der Waals surface area contributed by atoms with Gasteiger partial charge in [0.15, 0.2) is 6.10 Å². The summed E-state index contributed by atoms with van der Waals surface area (Å²) in [4.78, 5) is 52.6. The zero-order valence-electron chi connectivity index (χ0n) is 35.8. The molecule has 0 aliphatic rings. The molecule has 59 heavy (non-hydrogen) atoms. The predicted octanol–water partition coefficient (Wildman–Crippen LogP) is 11.0. The van der Waals surface area contributed by atoms with E-state index in [0.717, 1.165) is 51.4 Å². The highest BCUT2D eigenvalue weighted by Gasteiger charge is 2.28. The normalized spacial score (nSPS) is 14.7. The highest BCUT2D eigenvalue weighted by molar-refractivity contribution is 7.47. The van der Waals surface area contributed by atoms with Crippen molar-refractivity contribution in [3.8, 4) is 0 Å². The van der Waals surface area contributed by atoms with Crippen LogP contribution in [0.3, 0.4) is 0 Å². The van der Waals surface area contributed by atoms with Gasteiger partial charge in [-0.15, -0.1) is 0 Å². The van der Waals surface area contributed by atoms with E-state index in [2.05, 4.69) is 77.6 Å². The minimum atomic E-state index is -4.87. The maximum absolute atomic E-state index is 12.6. The molecule has 15 heteroatoms. The fourth-order valence-corrected chi connectivity index (χ4v) is 6.53. The van der Waals surface area contributed by atoms with Crippen LogP contribution in [-0.2, 0) is 41.8 Å². The van der Waals surface area contributed by atoms with Gasteiger partial charge in [-0.05, 0) is 51.4 Å². The Balaban J connectivity index is 4.66. The second-order valence-electron chi connectivity index (χ2n) is 14.2. The predicted molar refractivity (Wildman–Crippen MR) is 234 cm³/mol. The van der Waals surface area contributed by atoms with Crippen molar-refractivity contribution in [1.82, 2.24) is 0 Å². The van der Waals surface area contributed by atoms with Crippen LogP contribution in [0.25, 0.3) is 0 Å². The Labute approximate surface area is 354 Å². The van der Waals surface area contributed by atoms with Crippen LogP contribution in [0.1, 0.15) is 155 Å². The Morgan fingerprint density at radius 3 is 1.41 bits per heavy atom. The SMILES string of the molecule is CC/C=C\C/C=C\C/C=C\C/C=C\C/C=C\C/C=C\CCC(=O)O[C@H](COC(=O)CCCCCCCCCCCCCCC)COP(=O)(O)OC[C@@H](O)COP(=O)(O)O. The third-order valence-electron chi connectivity index (χ3n) is 8.61. The molecule has 0 aromatic rings. The molecule has 3 atom stereocenters. The van der Waals surface area contributed by atoms with E-state index in [1.54, 1.807) is 0 Å². The first-order valence-corrected chi connectivity index (χ1v) is 24.7. The van der Waals surface area contributed by atoms with Crippen molar-refractivity contribution in [2.75, 3.05) is 26.4 Å². The average Bonchev–Trinajstić information content (AvgIpc) is 3.19. The molecule has 0 bridgehead atoms. The number of aliphatic hydroxyl groups is 1. The van der Waals surface area contributed by atoms with E-state index in [-0.39, 0.29) is 12.8 Å². The van der Waals surface area contributed by atoms with E-state index in [1.165, 1.54) is 57.8 Å². The molecule has 0 heterocycles. The van der Waals surface area contributed by atoms with Crippen LogP contribution < -0.4 is 0 Å². The second-order valence-corrected chi connectivity index (χ2v) is 16.9. The monoisotopic (exact) mass is 874 g/mol. The summed E-state index contributed by atoms with van der Waals surface area (Å²) in [6.07, 6.45) is 43.4. The molecule has 4 N–H and O–H groups in total. The van der Waals surface area contributed by atoms with Gasteiger partial charge < -0.3 is 29.3 Å². The number of hydrogen-bond donors (Lipinski definition) is 4. The average molecular weight is 875 g/mol. The Bertz CT molecular complexity index is 1320. The van der Waals surface area contributed by atoms with E-state index in [1.807, 2.05) is 18.2 Å². The lowest BCUT2D eigenvalue weighted by Crippen LogP contribution is -2.29. The lowest BCUT2D eigenvalue weighted by molar-refractivity contribution is -0.161. The molecule has 0 rings (SSSR count). The van der Waals surface area contributed by atoms with Gasteiger partial charge in [-0.1, -0.05) is 164 Å². The van der Waals surface area contributed by atoms with Gasteiger partial charge in [0.1, 0.15) is 12.7 Å². The van der Waals surface area contributed by atoms with Crippen molar-refractivity contribution in [3.05, 3.63) is 72.9 Å². The van der Waals surface area contributed by atoms with Gasteiger partial charge in [-0.3, -0.25) is 23.2 Å². The van der Waals surface area contributed by atoms with E-state index in [0.29, 0.717) is 19.3 Å². The molecule has 0 radical (unpaired) electrons. The smallest absolute Gasteiger partial charge is 0.462 e. The molecular formula is C44H76O13P2. The topological polar surface area (TPSA) is 195 Å². The highest BCUT2D eigenvalue weighted by atomic mass is 31.2. The summed E-state index contributed by atoms with van der Waals surface area (Å²) < 4.78 is 47.7. The van der Waals surface area contributed by atoms with Gasteiger partial charge in [0.05, 0.1) is 19.8 Å². The van der Waals surface area contributed by atoms with Crippen molar-refractivity contribution in [2.45, 2.75) is 167 Å². The van der Waals surface area contributed by atoms with Crippen LogP contribution >= 0.6 is 15.6 Å². The number of esters is 2. The number of allylic oxidation sites excluding steroid dienone is 12. The number of unbranched alkanes of at least 4 members (excludes halogenated alkanes) is 12. The number of carbonyl (C=O) groups is 2. The zero-order valence-corrected chi connectivity index (χ0v) is 37.6.